The van der Waals surface area contributed by atoms with Crippen molar-refractivity contribution in [3.63, 3.8) is 0 Å². The molecular weight excluding hydrogens is 380 g/mol. The minimum absolute atomic E-state index is 0.00263. The van der Waals surface area contributed by atoms with Gasteiger partial charge in [0, 0.05) is 24.5 Å². The van der Waals surface area contributed by atoms with Crippen molar-refractivity contribution in [2.75, 3.05) is 13.9 Å². The molecule has 0 aromatic heterocycles. The maximum absolute atomic E-state index is 10.7. The Kier molecular flexibility index (Phi) is 8.84. The molecule has 166 valence electrons. The molecule has 5 unspecified atom stereocenters. The first kappa shape index (κ1) is 24.0. The predicted molar refractivity (Wildman–Crippen MR) is 106 cm³/mol. The lowest BCUT2D eigenvalue weighted by atomic mass is 9.71. The van der Waals surface area contributed by atoms with Crippen LogP contribution in [0.3, 0.4) is 0 Å². The van der Waals surface area contributed by atoms with Crippen molar-refractivity contribution in [2.45, 2.75) is 76.3 Å². The topological polar surface area (TPSA) is 129 Å². The Morgan fingerprint density at radius 3 is 2.59 bits per heavy atom. The standard InChI is InChI=1S/C21H34O8/c1-13-6-4-7-15(22)19(25)16(23)8-5-9-21(2)11-14(28-12-27-3)10-17(24)18(21)20(26)29-13/h4-5,7,9,13-16,19-20,22-26H,6,8,10-12H2,1-3H3/b7-4-,9-5+/t13?,14?,15?,16-,19+,20?,21?/m1/s1. The highest BCUT2D eigenvalue weighted by Crippen LogP contribution is 2.44. The molecule has 2 aliphatic rings. The van der Waals surface area contributed by atoms with Crippen molar-refractivity contribution in [1.82, 2.24) is 0 Å². The lowest BCUT2D eigenvalue weighted by Crippen LogP contribution is -2.39. The normalized spacial score (nSPS) is 42.0. The molecule has 5 N–H and O–H groups in total. The lowest BCUT2D eigenvalue weighted by Gasteiger charge is -2.40. The Bertz CT molecular complexity index is 616. The van der Waals surface area contributed by atoms with E-state index < -0.39 is 36.1 Å². The molecule has 0 aromatic carbocycles. The van der Waals surface area contributed by atoms with Gasteiger partial charge in [-0.25, -0.2) is 0 Å². The Morgan fingerprint density at radius 1 is 1.17 bits per heavy atom. The fourth-order valence-corrected chi connectivity index (χ4v) is 3.88. The van der Waals surface area contributed by atoms with Gasteiger partial charge in [0.2, 0.25) is 0 Å². The van der Waals surface area contributed by atoms with Crippen LogP contribution in [0.1, 0.15) is 39.5 Å². The first-order valence-electron chi connectivity index (χ1n) is 9.93. The fraction of sp³-hybridized carbons (Fsp3) is 0.714. The van der Waals surface area contributed by atoms with Crippen LogP contribution in [0, 0.1) is 5.41 Å². The largest absolute Gasteiger partial charge is 0.512 e. The smallest absolute Gasteiger partial charge is 0.181 e. The molecule has 0 aromatic rings. The van der Waals surface area contributed by atoms with Crippen LogP contribution in [0.5, 0.6) is 0 Å². The van der Waals surface area contributed by atoms with Gasteiger partial charge in [-0.15, -0.1) is 0 Å². The van der Waals surface area contributed by atoms with Crippen molar-refractivity contribution in [2.24, 2.45) is 5.41 Å². The molecule has 8 heteroatoms. The van der Waals surface area contributed by atoms with Gasteiger partial charge in [0.25, 0.3) is 0 Å². The molecule has 0 bridgehead atoms. The second-order valence-electron chi connectivity index (χ2n) is 8.03. The van der Waals surface area contributed by atoms with E-state index in [1.807, 2.05) is 6.92 Å². The van der Waals surface area contributed by atoms with Crippen molar-refractivity contribution < 1.29 is 39.7 Å². The van der Waals surface area contributed by atoms with Gasteiger partial charge in [-0.1, -0.05) is 31.2 Å². The van der Waals surface area contributed by atoms with E-state index in [0.717, 1.165) is 0 Å². The first-order chi connectivity index (χ1) is 13.7. The third-order valence-electron chi connectivity index (χ3n) is 5.44. The molecule has 0 fully saturated rings. The monoisotopic (exact) mass is 414 g/mol. The summed E-state index contributed by atoms with van der Waals surface area (Å²) in [5.74, 6) is 0.00263. The minimum Gasteiger partial charge on any atom is -0.512 e. The number of fused-ring (bicyclic) bond motifs is 1. The second-order valence-corrected chi connectivity index (χ2v) is 8.03. The molecule has 1 aliphatic heterocycles. The van der Waals surface area contributed by atoms with Gasteiger partial charge in [0.1, 0.15) is 19.0 Å². The summed E-state index contributed by atoms with van der Waals surface area (Å²) in [6.07, 6.45) is 1.84. The van der Waals surface area contributed by atoms with Crippen LogP contribution in [-0.4, -0.2) is 76.2 Å². The van der Waals surface area contributed by atoms with Crippen LogP contribution in [0.4, 0.5) is 0 Å². The first-order valence-corrected chi connectivity index (χ1v) is 9.93. The van der Waals surface area contributed by atoms with Crippen LogP contribution in [-0.2, 0) is 14.2 Å². The van der Waals surface area contributed by atoms with Gasteiger partial charge in [0.05, 0.1) is 24.1 Å². The van der Waals surface area contributed by atoms with Crippen molar-refractivity contribution in [1.29, 1.82) is 0 Å². The Morgan fingerprint density at radius 2 is 1.90 bits per heavy atom. The Hall–Kier alpha value is -1.26. The van der Waals surface area contributed by atoms with Gasteiger partial charge in [-0.05, 0) is 26.2 Å². The molecule has 7 atom stereocenters. The van der Waals surface area contributed by atoms with Gasteiger partial charge in [-0.2, -0.15) is 0 Å². The number of hydrogen-bond donors (Lipinski definition) is 5. The molecule has 0 saturated carbocycles. The molecule has 1 aliphatic carbocycles. The summed E-state index contributed by atoms with van der Waals surface area (Å²) < 4.78 is 16.3. The van der Waals surface area contributed by atoms with E-state index in [1.165, 1.54) is 13.2 Å². The van der Waals surface area contributed by atoms with E-state index in [1.54, 1.807) is 25.2 Å². The number of allylic oxidation sites excluding steroid dienone is 1. The summed E-state index contributed by atoms with van der Waals surface area (Å²) in [5, 5.41) is 51.7. The van der Waals surface area contributed by atoms with Crippen LogP contribution < -0.4 is 0 Å². The highest BCUT2D eigenvalue weighted by atomic mass is 16.7. The molecule has 0 radical (unpaired) electrons. The van der Waals surface area contributed by atoms with Crippen LogP contribution >= 0.6 is 0 Å². The van der Waals surface area contributed by atoms with Crippen molar-refractivity contribution in [3.05, 3.63) is 35.6 Å². The van der Waals surface area contributed by atoms with Crippen molar-refractivity contribution in [3.8, 4) is 0 Å². The predicted octanol–water partition coefficient (Wildman–Crippen LogP) is 1.30. The molecule has 29 heavy (non-hydrogen) atoms. The molecule has 0 spiro atoms. The average Bonchev–Trinajstić information content (AvgIpc) is 2.64. The zero-order valence-corrected chi connectivity index (χ0v) is 17.3. The van der Waals surface area contributed by atoms with Crippen LogP contribution in [0.2, 0.25) is 0 Å². The van der Waals surface area contributed by atoms with Crippen molar-refractivity contribution >= 4 is 0 Å². The number of rotatable bonds is 3. The molecule has 2 rings (SSSR count). The van der Waals surface area contributed by atoms with Gasteiger partial charge >= 0.3 is 0 Å². The fourth-order valence-electron chi connectivity index (χ4n) is 3.88. The molecule has 8 nitrogen and oxygen atoms in total. The van der Waals surface area contributed by atoms with E-state index in [9.17, 15) is 25.5 Å². The number of aliphatic hydroxyl groups excluding tert-OH is 5. The van der Waals surface area contributed by atoms with E-state index in [-0.39, 0.29) is 31.5 Å². The summed E-state index contributed by atoms with van der Waals surface area (Å²) in [6, 6.07) is 0. The molecule has 0 amide bonds. The third-order valence-corrected chi connectivity index (χ3v) is 5.44. The zero-order valence-electron chi connectivity index (χ0n) is 17.3. The van der Waals surface area contributed by atoms with Gasteiger partial charge in [0.15, 0.2) is 6.29 Å². The van der Waals surface area contributed by atoms with Gasteiger partial charge in [-0.3, -0.25) is 0 Å². The zero-order chi connectivity index (χ0) is 21.6. The minimum atomic E-state index is -1.33. The van der Waals surface area contributed by atoms with E-state index in [0.29, 0.717) is 18.4 Å². The maximum atomic E-state index is 10.7. The summed E-state index contributed by atoms with van der Waals surface area (Å²) in [7, 11) is 1.52. The van der Waals surface area contributed by atoms with E-state index in [4.69, 9.17) is 14.2 Å². The second kappa shape index (κ2) is 10.7. The van der Waals surface area contributed by atoms with Crippen LogP contribution in [0.25, 0.3) is 0 Å². The number of hydrogen-bond acceptors (Lipinski definition) is 8. The summed E-state index contributed by atoms with van der Waals surface area (Å²) in [5.41, 5.74) is -0.447. The summed E-state index contributed by atoms with van der Waals surface area (Å²) in [4.78, 5) is 0. The SMILES string of the molecule is COCOC1CC(O)=C2C(O)OC(C)C/C=C\C(O)[C@H](O)[C@H](O)C/C=C/C2(C)C1. The Balaban J connectivity index is 2.36. The number of aliphatic hydroxyl groups is 5. The third kappa shape index (κ3) is 6.36. The molecular formula is C21H34O8. The molecule has 1 heterocycles. The Labute approximate surface area is 171 Å². The average molecular weight is 414 g/mol. The number of ether oxygens (including phenoxy) is 3. The van der Waals surface area contributed by atoms with Gasteiger partial charge < -0.3 is 39.7 Å². The maximum Gasteiger partial charge on any atom is 0.181 e. The summed E-state index contributed by atoms with van der Waals surface area (Å²) in [6.45, 7) is 3.69. The highest BCUT2D eigenvalue weighted by molar-refractivity contribution is 5.29. The highest BCUT2D eigenvalue weighted by Gasteiger charge is 2.41. The quantitative estimate of drug-likeness (QED) is 0.345. The lowest BCUT2D eigenvalue weighted by molar-refractivity contribution is -0.125. The van der Waals surface area contributed by atoms with Crippen LogP contribution in [0.15, 0.2) is 35.6 Å². The molecule has 0 saturated heterocycles. The summed E-state index contributed by atoms with van der Waals surface area (Å²) >= 11 is 0. The van der Waals surface area contributed by atoms with E-state index in [2.05, 4.69) is 0 Å². The number of methoxy groups -OCH3 is 1. The van der Waals surface area contributed by atoms with E-state index >= 15 is 0 Å².